The normalized spacial score (nSPS) is 14.7. The molecule has 0 radical (unpaired) electrons. The van der Waals surface area contributed by atoms with Crippen molar-refractivity contribution in [2.24, 2.45) is 0 Å². The van der Waals surface area contributed by atoms with E-state index in [9.17, 15) is 23.4 Å². The number of hydrogen-bond acceptors (Lipinski definition) is 10. The smallest absolute Gasteiger partial charge is 0.194 e. The number of nitrogens with one attached hydrogen (secondary N) is 1. The molecule has 0 fully saturated rings. The maximum absolute atomic E-state index is 13.8. The predicted octanol–water partition coefficient (Wildman–Crippen LogP) is 3.64. The van der Waals surface area contributed by atoms with Crippen LogP contribution in [0.4, 0.5) is 13.2 Å². The lowest BCUT2D eigenvalue weighted by molar-refractivity contribution is -0.116. The summed E-state index contributed by atoms with van der Waals surface area (Å²) in [6, 6.07) is 6.52. The van der Waals surface area contributed by atoms with Gasteiger partial charge >= 0.3 is 0 Å². The highest BCUT2D eigenvalue weighted by Gasteiger charge is 2.31. The van der Waals surface area contributed by atoms with Gasteiger partial charge in [-0.05, 0) is 47.7 Å². The fourth-order valence-corrected chi connectivity index (χ4v) is 4.89. The first-order chi connectivity index (χ1) is 19.1. The number of aliphatic hydroxyl groups excluding tert-OH is 2. The van der Waals surface area contributed by atoms with Crippen LogP contribution in [0.3, 0.4) is 0 Å². The number of halogens is 5. The highest BCUT2D eigenvalue weighted by Crippen LogP contribution is 2.34. The third kappa shape index (κ3) is 7.69. The van der Waals surface area contributed by atoms with E-state index in [1.165, 1.54) is 29.6 Å². The fraction of sp³-hybridized carbons (Fsp3) is 0.348. The summed E-state index contributed by atoms with van der Waals surface area (Å²) in [6.45, 7) is 0.845. The Hall–Kier alpha value is -2.79. The summed E-state index contributed by atoms with van der Waals surface area (Å²) < 4.78 is 54.5. The zero-order valence-corrected chi connectivity index (χ0v) is 22.9. The van der Waals surface area contributed by atoms with Gasteiger partial charge in [-0.2, -0.15) is 0 Å². The van der Waals surface area contributed by atoms with Crippen molar-refractivity contribution in [2.75, 3.05) is 6.61 Å². The van der Waals surface area contributed by atoms with E-state index in [1.54, 1.807) is 18.2 Å². The van der Waals surface area contributed by atoms with Crippen LogP contribution in [-0.2, 0) is 22.6 Å². The van der Waals surface area contributed by atoms with Gasteiger partial charge in [-0.3, -0.25) is 0 Å². The topological polar surface area (TPSA) is 144 Å². The highest BCUT2D eigenvalue weighted by atomic mass is 35.5. The number of ether oxygens (including phenoxy) is 2. The molecule has 0 amide bonds. The van der Waals surface area contributed by atoms with Crippen molar-refractivity contribution in [3.8, 4) is 11.3 Å². The van der Waals surface area contributed by atoms with E-state index in [0.29, 0.717) is 20.8 Å². The Morgan fingerprint density at radius 3 is 2.45 bits per heavy atom. The van der Waals surface area contributed by atoms with Crippen molar-refractivity contribution >= 4 is 35.0 Å². The SMILES string of the molecule is C[C@@H](O)C(CO)OC(Sc1ccc(Cl)c(Cl)c1)[C@H](Cn1cc(-c2cc(F)c(F)c(F)c2)nn1)OCc1nnn[nH]1. The maximum Gasteiger partial charge on any atom is 0.194 e. The highest BCUT2D eigenvalue weighted by molar-refractivity contribution is 7.99. The Morgan fingerprint density at radius 1 is 1.07 bits per heavy atom. The molecule has 4 atom stereocenters. The van der Waals surface area contributed by atoms with E-state index in [1.807, 2.05) is 0 Å². The molecular weight excluding hydrogens is 598 g/mol. The predicted molar refractivity (Wildman–Crippen MR) is 138 cm³/mol. The van der Waals surface area contributed by atoms with Gasteiger partial charge in [-0.25, -0.2) is 23.0 Å². The number of benzene rings is 2. The Labute approximate surface area is 239 Å². The number of nitrogens with zero attached hydrogens (tertiary/aromatic N) is 6. The zero-order chi connectivity index (χ0) is 28.8. The number of H-pyrrole nitrogens is 1. The summed E-state index contributed by atoms with van der Waals surface area (Å²) in [5.74, 6) is -4.03. The van der Waals surface area contributed by atoms with Crippen molar-refractivity contribution in [3.63, 3.8) is 0 Å². The molecule has 0 aliphatic rings. The maximum atomic E-state index is 13.8. The van der Waals surface area contributed by atoms with E-state index in [4.69, 9.17) is 32.7 Å². The van der Waals surface area contributed by atoms with Crippen LogP contribution in [-0.4, -0.2) is 76.2 Å². The minimum absolute atomic E-state index is 0.0275. The molecule has 4 aromatic rings. The van der Waals surface area contributed by atoms with Gasteiger partial charge in [0.2, 0.25) is 0 Å². The van der Waals surface area contributed by atoms with Crippen LogP contribution in [0.1, 0.15) is 12.7 Å². The average Bonchev–Trinajstić information content (AvgIpc) is 3.61. The second-order valence-corrected chi connectivity index (χ2v) is 10.4. The Kier molecular flexibility index (Phi) is 10.3. The van der Waals surface area contributed by atoms with Gasteiger partial charge in [0.05, 0.1) is 35.5 Å². The van der Waals surface area contributed by atoms with Gasteiger partial charge in [-0.15, -0.1) is 10.2 Å². The molecule has 3 N–H and O–H groups in total. The Morgan fingerprint density at radius 2 is 1.82 bits per heavy atom. The fourth-order valence-electron chi connectivity index (χ4n) is 3.41. The van der Waals surface area contributed by atoms with Gasteiger partial charge in [0.15, 0.2) is 23.3 Å². The molecule has 0 saturated carbocycles. The number of rotatable bonds is 13. The number of aromatic nitrogens is 7. The molecule has 0 spiro atoms. The summed E-state index contributed by atoms with van der Waals surface area (Å²) in [5, 5.41) is 41.9. The first-order valence-corrected chi connectivity index (χ1v) is 13.2. The minimum atomic E-state index is -1.60. The van der Waals surface area contributed by atoms with Gasteiger partial charge in [0.1, 0.15) is 29.9 Å². The molecule has 2 heterocycles. The van der Waals surface area contributed by atoms with Crippen LogP contribution in [0.25, 0.3) is 11.3 Å². The molecule has 0 bridgehead atoms. The van der Waals surface area contributed by atoms with Gasteiger partial charge in [-0.1, -0.05) is 40.2 Å². The molecule has 0 aliphatic heterocycles. The summed E-state index contributed by atoms with van der Waals surface area (Å²) >= 11 is 13.4. The molecule has 11 nitrogen and oxygen atoms in total. The molecule has 2 unspecified atom stereocenters. The van der Waals surface area contributed by atoms with Crippen LogP contribution in [0, 0.1) is 17.5 Å². The van der Waals surface area contributed by atoms with Crippen molar-refractivity contribution in [2.45, 2.75) is 48.7 Å². The largest absolute Gasteiger partial charge is 0.394 e. The quantitative estimate of drug-likeness (QED) is 0.115. The summed E-state index contributed by atoms with van der Waals surface area (Å²) in [4.78, 5) is 0.633. The van der Waals surface area contributed by atoms with Crippen LogP contribution in [0.2, 0.25) is 10.0 Å². The zero-order valence-electron chi connectivity index (χ0n) is 20.6. The molecule has 0 aliphatic carbocycles. The molecule has 40 heavy (non-hydrogen) atoms. The lowest BCUT2D eigenvalue weighted by Gasteiger charge is -2.31. The number of aromatic amines is 1. The summed E-state index contributed by atoms with van der Waals surface area (Å²) in [5.41, 5.74) is -0.851. The van der Waals surface area contributed by atoms with Crippen molar-refractivity contribution < 1.29 is 32.9 Å². The average molecular weight is 620 g/mol. The number of thioether (sulfide) groups is 1. The molecule has 17 heteroatoms. The number of hydrogen-bond donors (Lipinski definition) is 3. The molecule has 4 rings (SSSR count). The molecule has 0 saturated heterocycles. The summed E-state index contributed by atoms with van der Waals surface area (Å²) in [6.07, 6.45) is -1.51. The van der Waals surface area contributed by atoms with Crippen LogP contribution >= 0.6 is 35.0 Å². The second-order valence-electron chi connectivity index (χ2n) is 8.44. The van der Waals surface area contributed by atoms with Crippen molar-refractivity contribution in [3.05, 3.63) is 69.9 Å². The van der Waals surface area contributed by atoms with Gasteiger partial charge < -0.3 is 19.7 Å². The van der Waals surface area contributed by atoms with E-state index >= 15 is 0 Å². The van der Waals surface area contributed by atoms with Crippen LogP contribution in [0.15, 0.2) is 41.4 Å². The summed E-state index contributed by atoms with van der Waals surface area (Å²) in [7, 11) is 0. The third-order valence-corrected chi connectivity index (χ3v) is 7.39. The lowest BCUT2D eigenvalue weighted by atomic mass is 10.1. The Bertz CT molecular complexity index is 1390. The monoisotopic (exact) mass is 619 g/mol. The molecular formula is C23H22Cl2F3N7O4S. The van der Waals surface area contributed by atoms with E-state index < -0.39 is 47.8 Å². The van der Waals surface area contributed by atoms with Crippen molar-refractivity contribution in [1.29, 1.82) is 0 Å². The van der Waals surface area contributed by atoms with E-state index in [2.05, 4.69) is 30.9 Å². The van der Waals surface area contributed by atoms with Gasteiger partial charge in [0.25, 0.3) is 0 Å². The minimum Gasteiger partial charge on any atom is -0.394 e. The molecule has 2 aromatic heterocycles. The van der Waals surface area contributed by atoms with Crippen LogP contribution < -0.4 is 0 Å². The number of aliphatic hydroxyl groups is 2. The lowest BCUT2D eigenvalue weighted by Crippen LogP contribution is -2.40. The first kappa shape index (κ1) is 30.2. The third-order valence-electron chi connectivity index (χ3n) is 5.48. The van der Waals surface area contributed by atoms with Gasteiger partial charge in [0, 0.05) is 10.5 Å². The van der Waals surface area contributed by atoms with Crippen LogP contribution in [0.5, 0.6) is 0 Å². The van der Waals surface area contributed by atoms with E-state index in [-0.39, 0.29) is 24.4 Å². The second kappa shape index (κ2) is 13.7. The first-order valence-electron chi connectivity index (χ1n) is 11.6. The Balaban J connectivity index is 1.65. The molecule has 214 valence electrons. The van der Waals surface area contributed by atoms with E-state index in [0.717, 1.165) is 12.1 Å². The molecule has 2 aromatic carbocycles. The number of tetrazole rings is 1. The van der Waals surface area contributed by atoms with Crippen molar-refractivity contribution in [1.82, 2.24) is 35.6 Å². The standard InChI is InChI=1S/C23H22Cl2F3N7O4S/c1-11(37)20(9-36)39-23(40-13-2-3-14(24)15(25)6-13)19(38-10-21-30-32-33-31-21)8-35-7-18(29-34-35)12-4-16(26)22(28)17(27)5-12/h2-7,11,19-20,23,36-37H,8-10H2,1H3,(H,30,31,32,33)/t11-,19+,20?,23?/m1/s1.